The van der Waals surface area contributed by atoms with E-state index >= 15 is 0 Å². The van der Waals surface area contributed by atoms with Gasteiger partial charge < -0.3 is 4.90 Å². The minimum Gasteiger partial charge on any atom is -0.377 e. The van der Waals surface area contributed by atoms with Crippen LogP contribution in [0.2, 0.25) is 0 Å². The molecule has 17 heavy (non-hydrogen) atoms. The van der Waals surface area contributed by atoms with Gasteiger partial charge >= 0.3 is 0 Å². The second-order valence-electron chi connectivity index (χ2n) is 4.52. The first-order valence-corrected chi connectivity index (χ1v) is 6.51. The number of anilines is 1. The summed E-state index contributed by atoms with van der Waals surface area (Å²) in [7, 11) is 4.11. The van der Waals surface area contributed by atoms with Gasteiger partial charge in [-0.3, -0.25) is 0 Å². The van der Waals surface area contributed by atoms with E-state index in [0.717, 1.165) is 12.0 Å². The molecule has 0 unspecified atom stereocenters. The van der Waals surface area contributed by atoms with Gasteiger partial charge in [-0.25, -0.2) is 0 Å². The Balaban J connectivity index is 2.53. The zero-order valence-electron chi connectivity index (χ0n) is 11.3. The standard InChI is InChI=1S/C16H23N/c1-4-5-6-7-8-9-12-15-13-10-11-14-16(15)17(2)3/h10-11,13-14H,4-8H2,1-3H3. The summed E-state index contributed by atoms with van der Waals surface area (Å²) in [5.41, 5.74) is 2.33. The Labute approximate surface area is 106 Å². The average molecular weight is 229 g/mol. The van der Waals surface area contributed by atoms with Crippen molar-refractivity contribution in [2.45, 2.75) is 39.0 Å². The highest BCUT2D eigenvalue weighted by molar-refractivity contribution is 5.59. The monoisotopic (exact) mass is 229 g/mol. The van der Waals surface area contributed by atoms with E-state index in [2.05, 4.69) is 56.0 Å². The highest BCUT2D eigenvalue weighted by atomic mass is 15.1. The Morgan fingerprint density at radius 1 is 1.06 bits per heavy atom. The van der Waals surface area contributed by atoms with Crippen molar-refractivity contribution in [3.8, 4) is 11.8 Å². The molecular formula is C16H23N. The maximum Gasteiger partial charge on any atom is 0.0520 e. The second kappa shape index (κ2) is 7.79. The van der Waals surface area contributed by atoms with E-state index in [1.165, 1.54) is 31.4 Å². The molecule has 0 N–H and O–H groups in total. The molecular weight excluding hydrogens is 206 g/mol. The molecule has 0 aliphatic carbocycles. The van der Waals surface area contributed by atoms with Crippen molar-refractivity contribution < 1.29 is 0 Å². The Hall–Kier alpha value is -1.42. The third-order valence-electron chi connectivity index (χ3n) is 2.76. The molecule has 0 atom stereocenters. The molecule has 1 nitrogen and oxygen atoms in total. The van der Waals surface area contributed by atoms with Gasteiger partial charge in [0.2, 0.25) is 0 Å². The second-order valence-corrected chi connectivity index (χ2v) is 4.52. The highest BCUT2D eigenvalue weighted by Crippen LogP contribution is 2.16. The highest BCUT2D eigenvalue weighted by Gasteiger charge is 1.99. The normalized spacial score (nSPS) is 9.59. The number of hydrogen-bond acceptors (Lipinski definition) is 1. The summed E-state index contributed by atoms with van der Waals surface area (Å²) < 4.78 is 0. The van der Waals surface area contributed by atoms with Gasteiger partial charge in [0.15, 0.2) is 0 Å². The summed E-state index contributed by atoms with van der Waals surface area (Å²) in [6.45, 7) is 2.24. The summed E-state index contributed by atoms with van der Waals surface area (Å²) in [4.78, 5) is 2.11. The van der Waals surface area contributed by atoms with Crippen LogP contribution in [0.15, 0.2) is 24.3 Å². The number of nitrogens with zero attached hydrogens (tertiary/aromatic N) is 1. The molecule has 1 heteroatoms. The molecule has 0 amide bonds. The van der Waals surface area contributed by atoms with Crippen LogP contribution in [-0.4, -0.2) is 14.1 Å². The average Bonchev–Trinajstić information content (AvgIpc) is 2.34. The summed E-state index contributed by atoms with van der Waals surface area (Å²) in [6.07, 6.45) is 6.17. The Morgan fingerprint density at radius 3 is 2.53 bits per heavy atom. The lowest BCUT2D eigenvalue weighted by atomic mass is 10.1. The summed E-state index contributed by atoms with van der Waals surface area (Å²) in [6, 6.07) is 8.31. The molecule has 0 fully saturated rings. The lowest BCUT2D eigenvalue weighted by molar-refractivity contribution is 0.679. The molecule has 0 aromatic heterocycles. The Bertz CT molecular complexity index is 382. The van der Waals surface area contributed by atoms with Gasteiger partial charge in [0.1, 0.15) is 0 Å². The first-order chi connectivity index (χ1) is 8.25. The SMILES string of the molecule is CCCCCCC#Cc1ccccc1N(C)C. The van der Waals surface area contributed by atoms with Gasteiger partial charge in [0.25, 0.3) is 0 Å². The summed E-state index contributed by atoms with van der Waals surface area (Å²) in [5.74, 6) is 6.56. The third-order valence-corrected chi connectivity index (χ3v) is 2.76. The van der Waals surface area contributed by atoms with Gasteiger partial charge in [-0.05, 0) is 18.6 Å². The molecule has 0 saturated carbocycles. The Morgan fingerprint density at radius 2 is 1.82 bits per heavy atom. The molecule has 1 aromatic carbocycles. The minimum absolute atomic E-state index is 1.02. The van der Waals surface area contributed by atoms with Gasteiger partial charge in [-0.15, -0.1) is 0 Å². The number of para-hydroxylation sites is 1. The van der Waals surface area contributed by atoms with Crippen LogP contribution in [-0.2, 0) is 0 Å². The lowest BCUT2D eigenvalue weighted by Gasteiger charge is -2.13. The molecule has 92 valence electrons. The number of unbranched alkanes of at least 4 members (excludes halogenated alkanes) is 4. The van der Waals surface area contributed by atoms with Crippen LogP contribution >= 0.6 is 0 Å². The Kier molecular flexibility index (Phi) is 6.25. The fourth-order valence-corrected chi connectivity index (χ4v) is 1.77. The first kappa shape index (κ1) is 13.6. The molecule has 0 aliphatic rings. The molecule has 0 spiro atoms. The first-order valence-electron chi connectivity index (χ1n) is 6.51. The quantitative estimate of drug-likeness (QED) is 0.543. The summed E-state index contributed by atoms with van der Waals surface area (Å²) in [5, 5.41) is 0. The van der Waals surface area contributed by atoms with E-state index < -0.39 is 0 Å². The summed E-state index contributed by atoms with van der Waals surface area (Å²) >= 11 is 0. The van der Waals surface area contributed by atoms with Crippen molar-refractivity contribution in [3.05, 3.63) is 29.8 Å². The van der Waals surface area contributed by atoms with Crippen molar-refractivity contribution in [2.24, 2.45) is 0 Å². The molecule has 0 radical (unpaired) electrons. The topological polar surface area (TPSA) is 3.24 Å². The predicted molar refractivity (Wildman–Crippen MR) is 76.4 cm³/mol. The van der Waals surface area contributed by atoms with Crippen LogP contribution in [0.5, 0.6) is 0 Å². The lowest BCUT2D eigenvalue weighted by Crippen LogP contribution is -2.09. The van der Waals surface area contributed by atoms with Gasteiger partial charge in [0.05, 0.1) is 5.69 Å². The maximum absolute atomic E-state index is 3.28. The van der Waals surface area contributed by atoms with Gasteiger partial charge in [0, 0.05) is 26.1 Å². The maximum atomic E-state index is 3.28. The van der Waals surface area contributed by atoms with Crippen molar-refractivity contribution in [1.82, 2.24) is 0 Å². The van der Waals surface area contributed by atoms with E-state index in [1.807, 2.05) is 6.07 Å². The van der Waals surface area contributed by atoms with E-state index in [4.69, 9.17) is 0 Å². The van der Waals surface area contributed by atoms with E-state index in [-0.39, 0.29) is 0 Å². The number of benzene rings is 1. The van der Waals surface area contributed by atoms with Crippen LogP contribution in [0.3, 0.4) is 0 Å². The number of rotatable bonds is 5. The fraction of sp³-hybridized carbons (Fsp3) is 0.500. The smallest absolute Gasteiger partial charge is 0.0520 e. The van der Waals surface area contributed by atoms with E-state index in [1.54, 1.807) is 0 Å². The predicted octanol–water partition coefficient (Wildman–Crippen LogP) is 4.07. The van der Waals surface area contributed by atoms with Crippen molar-refractivity contribution in [1.29, 1.82) is 0 Å². The molecule has 1 aromatic rings. The zero-order chi connectivity index (χ0) is 12.5. The van der Waals surface area contributed by atoms with Crippen molar-refractivity contribution in [3.63, 3.8) is 0 Å². The van der Waals surface area contributed by atoms with Crippen molar-refractivity contribution in [2.75, 3.05) is 19.0 Å². The van der Waals surface area contributed by atoms with E-state index in [9.17, 15) is 0 Å². The van der Waals surface area contributed by atoms with Crippen LogP contribution in [0.25, 0.3) is 0 Å². The molecule has 0 aliphatic heterocycles. The largest absolute Gasteiger partial charge is 0.377 e. The zero-order valence-corrected chi connectivity index (χ0v) is 11.3. The van der Waals surface area contributed by atoms with Crippen LogP contribution < -0.4 is 4.90 Å². The van der Waals surface area contributed by atoms with Crippen LogP contribution in [0.1, 0.15) is 44.6 Å². The minimum atomic E-state index is 1.02. The number of hydrogen-bond donors (Lipinski definition) is 0. The molecule has 0 heterocycles. The fourth-order valence-electron chi connectivity index (χ4n) is 1.77. The molecule has 1 rings (SSSR count). The van der Waals surface area contributed by atoms with Crippen LogP contribution in [0, 0.1) is 11.8 Å². The molecule has 0 saturated heterocycles. The van der Waals surface area contributed by atoms with Gasteiger partial charge in [-0.1, -0.05) is 50.2 Å². The van der Waals surface area contributed by atoms with Gasteiger partial charge in [-0.2, -0.15) is 0 Å². The van der Waals surface area contributed by atoms with Crippen LogP contribution in [0.4, 0.5) is 5.69 Å². The van der Waals surface area contributed by atoms with Crippen molar-refractivity contribution >= 4 is 5.69 Å². The molecule has 0 bridgehead atoms. The van der Waals surface area contributed by atoms with E-state index in [0.29, 0.717) is 0 Å². The third kappa shape index (κ3) is 4.95.